The van der Waals surface area contributed by atoms with Crippen molar-refractivity contribution in [3.63, 3.8) is 0 Å². The Hall–Kier alpha value is 0.410. The zero-order chi connectivity index (χ0) is 7.71. The van der Waals surface area contributed by atoms with Crippen LogP contribution in [-0.2, 0) is 13.7 Å². The standard InChI is InChI=1S/H3O6PS2/c1-7(2,3)8-9(4,5)6/h(H2,1,2,3)(H,4,5,6). The summed E-state index contributed by atoms with van der Waals surface area (Å²) in [6, 6.07) is 0. The van der Waals surface area contributed by atoms with Gasteiger partial charge in [-0.15, -0.1) is 0 Å². The first kappa shape index (κ1) is 9.41. The van der Waals surface area contributed by atoms with Gasteiger partial charge >= 0.3 is 15.9 Å². The van der Waals surface area contributed by atoms with Crippen molar-refractivity contribution in [2.45, 2.75) is 0 Å². The second kappa shape index (κ2) is 2.57. The summed E-state index contributed by atoms with van der Waals surface area (Å²) in [6.07, 6.45) is 0. The Balaban J connectivity index is 4.26. The van der Waals surface area contributed by atoms with Crippen LogP contribution in [-0.4, -0.2) is 22.8 Å². The van der Waals surface area contributed by atoms with Crippen LogP contribution in [0, 0.1) is 0 Å². The van der Waals surface area contributed by atoms with Crippen molar-refractivity contribution in [1.29, 1.82) is 0 Å². The molecule has 0 unspecified atom stereocenters. The third-order valence-corrected chi connectivity index (χ3v) is 5.16. The lowest BCUT2D eigenvalue weighted by atomic mass is 15.8. The van der Waals surface area contributed by atoms with E-state index >= 15 is 0 Å². The van der Waals surface area contributed by atoms with Gasteiger partial charge < -0.3 is 9.79 Å². The molecule has 56 valence electrons. The summed E-state index contributed by atoms with van der Waals surface area (Å²) in [5, 5.41) is 0. The first-order chi connectivity index (χ1) is 3.71. The third kappa shape index (κ3) is 8.41. The summed E-state index contributed by atoms with van der Waals surface area (Å²) in [6.45, 7) is -4.71. The molecule has 9 heteroatoms. The Labute approximate surface area is 54.3 Å². The predicted octanol–water partition coefficient (Wildman–Crippen LogP) is -0.385. The SMILES string of the molecule is O=P(O)(O)SS(=O)(=O)O. The fourth-order valence-electron chi connectivity index (χ4n) is 0.123. The molecule has 0 fully saturated rings. The van der Waals surface area contributed by atoms with Gasteiger partial charge in [0.1, 0.15) is 10.4 Å². The lowest BCUT2D eigenvalue weighted by Crippen LogP contribution is -1.87. The van der Waals surface area contributed by atoms with Crippen LogP contribution >= 0.6 is 17.2 Å². The van der Waals surface area contributed by atoms with Crippen molar-refractivity contribution in [1.82, 2.24) is 0 Å². The van der Waals surface area contributed by atoms with Crippen molar-refractivity contribution >= 4 is 26.4 Å². The van der Waals surface area contributed by atoms with E-state index < -0.39 is 26.4 Å². The van der Waals surface area contributed by atoms with Crippen LogP contribution in [0.25, 0.3) is 0 Å². The van der Waals surface area contributed by atoms with Crippen molar-refractivity contribution in [2.24, 2.45) is 0 Å². The molecule has 0 atom stereocenters. The molecule has 0 radical (unpaired) electrons. The second-order valence-electron chi connectivity index (χ2n) is 0.993. The van der Waals surface area contributed by atoms with E-state index in [1.54, 1.807) is 0 Å². The van der Waals surface area contributed by atoms with Crippen LogP contribution in [0.4, 0.5) is 0 Å². The van der Waals surface area contributed by atoms with Gasteiger partial charge in [0.2, 0.25) is 0 Å². The van der Waals surface area contributed by atoms with Crippen LogP contribution in [0.2, 0.25) is 0 Å². The highest BCUT2D eigenvalue weighted by Gasteiger charge is 2.23. The normalized spacial score (nSPS) is 13.7. The zero-order valence-corrected chi connectivity index (χ0v) is 6.36. The maximum atomic E-state index is 9.77. The quantitative estimate of drug-likeness (QED) is 0.312. The highest BCUT2D eigenvalue weighted by atomic mass is 33.4. The van der Waals surface area contributed by atoms with Gasteiger partial charge in [-0.2, -0.15) is 8.42 Å². The largest absolute Gasteiger partial charge is 0.401 e. The molecule has 0 heterocycles. The smallest absolute Gasteiger partial charge is 0.316 e. The van der Waals surface area contributed by atoms with Gasteiger partial charge in [-0.1, -0.05) is 0 Å². The molecule has 0 aromatic rings. The Morgan fingerprint density at radius 1 is 1.33 bits per heavy atom. The van der Waals surface area contributed by atoms with E-state index in [9.17, 15) is 13.0 Å². The minimum Gasteiger partial charge on any atom is -0.316 e. The Kier molecular flexibility index (Phi) is 2.68. The molecule has 0 aromatic carbocycles. The predicted molar refractivity (Wildman–Crippen MR) is 31.2 cm³/mol. The average Bonchev–Trinajstić information content (AvgIpc) is 1.14. The Morgan fingerprint density at radius 3 is 1.67 bits per heavy atom. The van der Waals surface area contributed by atoms with Gasteiger partial charge in [0, 0.05) is 0 Å². The Bertz CT molecular complexity index is 217. The van der Waals surface area contributed by atoms with Gasteiger partial charge in [0.25, 0.3) is 0 Å². The second-order valence-corrected chi connectivity index (χ2v) is 7.46. The molecule has 0 bridgehead atoms. The highest BCUT2D eigenvalue weighted by Crippen LogP contribution is 2.52. The van der Waals surface area contributed by atoms with Crippen LogP contribution in [0.5, 0.6) is 0 Å². The van der Waals surface area contributed by atoms with Crippen molar-refractivity contribution in [3.8, 4) is 0 Å². The first-order valence-electron chi connectivity index (χ1n) is 1.45. The van der Waals surface area contributed by atoms with E-state index in [1.807, 2.05) is 0 Å². The van der Waals surface area contributed by atoms with Crippen molar-refractivity contribution in [3.05, 3.63) is 0 Å². The lowest BCUT2D eigenvalue weighted by molar-refractivity contribution is 0.397. The molecule has 6 nitrogen and oxygen atoms in total. The van der Waals surface area contributed by atoms with E-state index in [0.29, 0.717) is 0 Å². The van der Waals surface area contributed by atoms with Gasteiger partial charge in [0.05, 0.1) is 0 Å². The van der Waals surface area contributed by atoms with E-state index in [1.165, 1.54) is 0 Å². The van der Waals surface area contributed by atoms with Crippen LogP contribution < -0.4 is 0 Å². The molecule has 0 aliphatic carbocycles. The minimum absolute atomic E-state index is 0.792. The third-order valence-electron chi connectivity index (χ3n) is 0.191. The molecular formula is H3O6PS2. The number of hydrogen-bond acceptors (Lipinski definition) is 4. The summed E-state index contributed by atoms with van der Waals surface area (Å²) in [7, 11) is -5.42. The summed E-state index contributed by atoms with van der Waals surface area (Å²) >= 11 is 0. The molecule has 0 saturated heterocycles. The minimum atomic E-state index is -4.71. The molecule has 0 amide bonds. The van der Waals surface area contributed by atoms with E-state index in [4.69, 9.17) is 14.3 Å². The fourth-order valence-corrected chi connectivity index (χ4v) is 3.31. The maximum Gasteiger partial charge on any atom is 0.401 e. The van der Waals surface area contributed by atoms with E-state index in [0.717, 1.165) is 0 Å². The monoisotopic (exact) mass is 194 g/mol. The summed E-state index contributed by atoms with van der Waals surface area (Å²) in [4.78, 5) is 15.8. The molecular weight excluding hydrogens is 191 g/mol. The molecule has 0 aliphatic heterocycles. The Morgan fingerprint density at radius 2 is 1.67 bits per heavy atom. The summed E-state index contributed by atoms with van der Waals surface area (Å²) in [5.74, 6) is 0. The van der Waals surface area contributed by atoms with Crippen LogP contribution in [0.3, 0.4) is 0 Å². The van der Waals surface area contributed by atoms with Crippen LogP contribution in [0.15, 0.2) is 0 Å². The summed E-state index contributed by atoms with van der Waals surface area (Å²) < 4.78 is 36.9. The van der Waals surface area contributed by atoms with Gasteiger partial charge in [-0.05, 0) is 0 Å². The molecule has 0 rings (SSSR count). The molecule has 9 heavy (non-hydrogen) atoms. The molecule has 0 aromatic heterocycles. The van der Waals surface area contributed by atoms with Crippen LogP contribution in [0.1, 0.15) is 0 Å². The number of rotatable bonds is 2. The molecule has 0 aliphatic rings. The molecule has 0 spiro atoms. The zero-order valence-electron chi connectivity index (χ0n) is 3.83. The maximum absolute atomic E-state index is 9.77. The van der Waals surface area contributed by atoms with Gasteiger partial charge in [-0.3, -0.25) is 4.55 Å². The van der Waals surface area contributed by atoms with Gasteiger partial charge in [-0.25, -0.2) is 4.57 Å². The van der Waals surface area contributed by atoms with Crippen molar-refractivity contribution < 1.29 is 27.3 Å². The lowest BCUT2D eigenvalue weighted by Gasteiger charge is -1.95. The van der Waals surface area contributed by atoms with E-state index in [2.05, 4.69) is 0 Å². The van der Waals surface area contributed by atoms with E-state index in [-0.39, 0.29) is 0 Å². The average molecular weight is 194 g/mol. The molecule has 3 N–H and O–H groups in total. The number of hydrogen-bond donors (Lipinski definition) is 3. The fraction of sp³-hybridized carbons (Fsp3) is 0. The molecule has 0 saturated carbocycles. The highest BCUT2D eigenvalue weighted by molar-refractivity contribution is 8.93. The first-order valence-corrected chi connectivity index (χ1v) is 6.44. The summed E-state index contributed by atoms with van der Waals surface area (Å²) in [5.41, 5.74) is 0. The topological polar surface area (TPSA) is 112 Å². The van der Waals surface area contributed by atoms with Crippen molar-refractivity contribution in [2.75, 3.05) is 0 Å². The van der Waals surface area contributed by atoms with Gasteiger partial charge in [0.15, 0.2) is 0 Å².